The van der Waals surface area contributed by atoms with Gasteiger partial charge >= 0.3 is 29.6 Å². The van der Waals surface area contributed by atoms with Crippen LogP contribution in [0.15, 0.2) is 35.7 Å². The molecule has 1 aromatic rings. The zero-order valence-corrected chi connectivity index (χ0v) is 17.9. The Balaban J connectivity index is 0.00000261. The van der Waals surface area contributed by atoms with Gasteiger partial charge in [-0.05, 0) is 30.5 Å². The van der Waals surface area contributed by atoms with E-state index in [2.05, 4.69) is 0 Å². The largest absolute Gasteiger partial charge is 1.00 e. The SMILES string of the molecule is CC(C)(C)C1=C(C(=O)[O-])N2C(=O)[C@H]([C@@H](O)CCc3ccc(O)cc3)[C@H]2O1.[Na+]. The monoisotopic (exact) mass is 383 g/mol. The summed E-state index contributed by atoms with van der Waals surface area (Å²) in [4.78, 5) is 25.0. The number of carbonyl (C=O) groups excluding carboxylic acids is 2. The summed E-state index contributed by atoms with van der Waals surface area (Å²) in [6.07, 6.45) is -0.926. The number of phenols is 1. The van der Waals surface area contributed by atoms with E-state index < -0.39 is 35.5 Å². The summed E-state index contributed by atoms with van der Waals surface area (Å²) < 4.78 is 5.74. The fourth-order valence-corrected chi connectivity index (χ4v) is 3.37. The normalized spacial score (nSPS) is 22.5. The van der Waals surface area contributed by atoms with E-state index in [1.165, 1.54) is 0 Å². The summed E-state index contributed by atoms with van der Waals surface area (Å²) >= 11 is 0. The van der Waals surface area contributed by atoms with Crippen molar-refractivity contribution in [3.05, 3.63) is 41.3 Å². The fraction of sp³-hybridized carbons (Fsp3) is 0.474. The summed E-state index contributed by atoms with van der Waals surface area (Å²) in [5.41, 5.74) is 0.0745. The van der Waals surface area contributed by atoms with E-state index in [0.29, 0.717) is 12.8 Å². The number of phenolic OH excluding ortho intramolecular Hbond substituents is 1. The molecule has 7 nitrogen and oxygen atoms in total. The van der Waals surface area contributed by atoms with Gasteiger partial charge in [0.1, 0.15) is 23.1 Å². The number of amides is 1. The van der Waals surface area contributed by atoms with Crippen LogP contribution in [0.1, 0.15) is 32.8 Å². The Kier molecular flexibility index (Phi) is 6.31. The number of aliphatic hydroxyl groups is 1. The maximum Gasteiger partial charge on any atom is 1.00 e. The van der Waals surface area contributed by atoms with Crippen LogP contribution < -0.4 is 34.7 Å². The van der Waals surface area contributed by atoms with Crippen LogP contribution in [0.2, 0.25) is 0 Å². The van der Waals surface area contributed by atoms with Gasteiger partial charge in [0.15, 0.2) is 6.23 Å². The van der Waals surface area contributed by atoms with E-state index in [1.54, 1.807) is 45.0 Å². The van der Waals surface area contributed by atoms with Gasteiger partial charge in [0.05, 0.1) is 12.1 Å². The second kappa shape index (κ2) is 7.83. The molecule has 2 aliphatic heterocycles. The number of aryl methyl sites for hydroxylation is 1. The van der Waals surface area contributed by atoms with Crippen LogP contribution >= 0.6 is 0 Å². The number of aliphatic hydroxyl groups excluding tert-OH is 1. The van der Waals surface area contributed by atoms with E-state index >= 15 is 0 Å². The van der Waals surface area contributed by atoms with Crippen molar-refractivity contribution in [2.24, 2.45) is 11.3 Å². The van der Waals surface area contributed by atoms with Gasteiger partial charge in [0.2, 0.25) is 5.91 Å². The molecule has 0 aromatic heterocycles. The summed E-state index contributed by atoms with van der Waals surface area (Å²) in [6.45, 7) is 5.37. The number of fused-ring (bicyclic) bond motifs is 1. The zero-order chi connectivity index (χ0) is 19.2. The Morgan fingerprint density at radius 1 is 1.30 bits per heavy atom. The van der Waals surface area contributed by atoms with Crippen molar-refractivity contribution in [2.45, 2.75) is 45.9 Å². The van der Waals surface area contributed by atoms with Crippen molar-refractivity contribution in [2.75, 3.05) is 0 Å². The molecule has 1 fully saturated rings. The number of ether oxygens (including phenoxy) is 1. The van der Waals surface area contributed by atoms with Crippen LogP contribution in [0.25, 0.3) is 0 Å². The minimum atomic E-state index is -1.46. The molecule has 0 spiro atoms. The van der Waals surface area contributed by atoms with E-state index in [-0.39, 0.29) is 46.8 Å². The van der Waals surface area contributed by atoms with Gasteiger partial charge in [-0.2, -0.15) is 0 Å². The first-order valence-electron chi connectivity index (χ1n) is 8.53. The van der Waals surface area contributed by atoms with Gasteiger partial charge < -0.3 is 24.9 Å². The number of aliphatic carboxylic acids is 1. The molecule has 0 saturated carbocycles. The minimum absolute atomic E-state index is 0. The van der Waals surface area contributed by atoms with Gasteiger partial charge in [-0.25, -0.2) is 0 Å². The van der Waals surface area contributed by atoms with E-state index in [4.69, 9.17) is 4.74 Å². The Morgan fingerprint density at radius 3 is 2.41 bits per heavy atom. The first-order valence-corrected chi connectivity index (χ1v) is 8.53. The molecule has 3 atom stereocenters. The Bertz CT molecular complexity index is 767. The molecule has 2 heterocycles. The number of carboxylic acids is 1. The molecule has 0 bridgehead atoms. The van der Waals surface area contributed by atoms with Gasteiger partial charge in [-0.3, -0.25) is 9.69 Å². The number of allylic oxidation sites excluding steroid dienone is 1. The molecular weight excluding hydrogens is 361 g/mol. The Morgan fingerprint density at radius 2 is 1.89 bits per heavy atom. The Hall–Kier alpha value is -1.54. The third kappa shape index (κ3) is 4.01. The van der Waals surface area contributed by atoms with Crippen LogP contribution in [0.3, 0.4) is 0 Å². The van der Waals surface area contributed by atoms with Gasteiger partial charge in [0.25, 0.3) is 0 Å². The molecule has 1 saturated heterocycles. The van der Waals surface area contributed by atoms with Crippen LogP contribution in [0.5, 0.6) is 5.75 Å². The molecule has 1 amide bonds. The molecule has 140 valence electrons. The van der Waals surface area contributed by atoms with Gasteiger partial charge in [-0.15, -0.1) is 0 Å². The number of hydrogen-bond donors (Lipinski definition) is 2. The third-order valence-corrected chi connectivity index (χ3v) is 4.73. The van der Waals surface area contributed by atoms with Crippen molar-refractivity contribution < 1.29 is 59.2 Å². The predicted octanol–water partition coefficient (Wildman–Crippen LogP) is -2.49. The Labute approximate surface area is 179 Å². The molecule has 0 unspecified atom stereocenters. The average Bonchev–Trinajstić information content (AvgIpc) is 2.90. The summed E-state index contributed by atoms with van der Waals surface area (Å²) in [5, 5.41) is 31.2. The van der Waals surface area contributed by atoms with Crippen molar-refractivity contribution in [3.8, 4) is 5.75 Å². The summed E-state index contributed by atoms with van der Waals surface area (Å²) in [6, 6.07) is 6.61. The average molecular weight is 383 g/mol. The second-order valence-electron chi connectivity index (χ2n) is 7.73. The summed E-state index contributed by atoms with van der Waals surface area (Å²) in [7, 11) is 0. The maximum atomic E-state index is 12.5. The number of nitrogens with zero attached hydrogens (tertiary/aromatic N) is 1. The molecule has 8 heteroatoms. The quantitative estimate of drug-likeness (QED) is 0.430. The number of β-lactam (4-membered cyclic amide) rings is 1. The molecule has 2 N–H and O–H groups in total. The topological polar surface area (TPSA) is 110 Å². The van der Waals surface area contributed by atoms with Gasteiger partial charge in [0, 0.05) is 5.41 Å². The van der Waals surface area contributed by atoms with Crippen molar-refractivity contribution in [1.29, 1.82) is 0 Å². The van der Waals surface area contributed by atoms with Crippen molar-refractivity contribution >= 4 is 11.9 Å². The fourth-order valence-electron chi connectivity index (χ4n) is 3.37. The number of carbonyl (C=O) groups is 2. The van der Waals surface area contributed by atoms with Crippen LogP contribution in [-0.2, 0) is 20.7 Å². The van der Waals surface area contributed by atoms with Crippen LogP contribution in [0.4, 0.5) is 0 Å². The zero-order valence-electron chi connectivity index (χ0n) is 15.9. The number of benzene rings is 1. The molecular formula is C19H22NNaO6. The van der Waals surface area contributed by atoms with Gasteiger partial charge in [-0.1, -0.05) is 32.9 Å². The standard InChI is InChI=1S/C19H23NO6.Na/c1-19(2,3)15-14(18(24)25)20-16(23)13(17(20)26-15)12(22)9-6-10-4-7-11(21)8-5-10;/h4-5,7-8,12-13,17,21-22H,6,9H2,1-3H3,(H,24,25);/q;+1/p-1/t12-,13-,17+;/m0./s1. The second-order valence-corrected chi connectivity index (χ2v) is 7.73. The smallest absolute Gasteiger partial charge is 0.543 e. The number of carboxylic acid groups (broad SMARTS) is 1. The molecule has 1 aromatic carbocycles. The molecule has 3 rings (SSSR count). The number of hydrogen-bond acceptors (Lipinski definition) is 6. The third-order valence-electron chi connectivity index (χ3n) is 4.73. The number of rotatable bonds is 5. The predicted molar refractivity (Wildman–Crippen MR) is 89.1 cm³/mol. The van der Waals surface area contributed by atoms with Crippen molar-refractivity contribution in [1.82, 2.24) is 4.90 Å². The van der Waals surface area contributed by atoms with E-state index in [1.807, 2.05) is 0 Å². The molecule has 2 aliphatic rings. The first kappa shape index (κ1) is 21.8. The number of aromatic hydroxyl groups is 1. The van der Waals surface area contributed by atoms with Crippen molar-refractivity contribution in [3.63, 3.8) is 0 Å². The minimum Gasteiger partial charge on any atom is -0.543 e. The molecule has 27 heavy (non-hydrogen) atoms. The first-order chi connectivity index (χ1) is 12.1. The molecule has 0 radical (unpaired) electrons. The summed E-state index contributed by atoms with van der Waals surface area (Å²) in [5.74, 6) is -2.37. The van der Waals surface area contributed by atoms with E-state index in [0.717, 1.165) is 10.5 Å². The van der Waals surface area contributed by atoms with Crippen LogP contribution in [0, 0.1) is 11.3 Å². The molecule has 0 aliphatic carbocycles. The maximum absolute atomic E-state index is 12.5. The van der Waals surface area contributed by atoms with E-state index in [9.17, 15) is 24.9 Å². The van der Waals surface area contributed by atoms with Crippen LogP contribution in [-0.4, -0.2) is 39.3 Å².